The maximum Gasteiger partial charge on any atom is 0.326 e. The van der Waals surface area contributed by atoms with Crippen LogP contribution >= 0.6 is 47.8 Å². The van der Waals surface area contributed by atoms with Crippen LogP contribution in [0.2, 0.25) is 0 Å². The summed E-state index contributed by atoms with van der Waals surface area (Å²) in [6, 6.07) is 6.66. The number of hydrogen-bond acceptors (Lipinski definition) is 6. The van der Waals surface area contributed by atoms with Gasteiger partial charge in [0, 0.05) is 12.8 Å². The van der Waals surface area contributed by atoms with E-state index in [-0.39, 0.29) is 24.3 Å². The van der Waals surface area contributed by atoms with Gasteiger partial charge in [0.05, 0.1) is 20.5 Å². The number of methoxy groups -OCH3 is 1. The predicted octanol–water partition coefficient (Wildman–Crippen LogP) is 3.87. The zero-order chi connectivity index (χ0) is 22.4. The van der Waals surface area contributed by atoms with Crippen LogP contribution in [-0.2, 0) is 22.4 Å². The number of amides is 1. The number of carboxylic acid groups (broad SMARTS) is 1. The third-order valence-electron chi connectivity index (χ3n) is 4.07. The summed E-state index contributed by atoms with van der Waals surface area (Å²) < 4.78 is 6.90. The molecular weight excluding hydrogens is 592 g/mol. The lowest BCUT2D eigenvalue weighted by molar-refractivity contribution is -0.141. The predicted molar refractivity (Wildman–Crippen MR) is 120 cm³/mol. The fraction of sp³-hybridized carbons (Fsp3) is 0.211. The van der Waals surface area contributed by atoms with Gasteiger partial charge in [-0.3, -0.25) is 4.79 Å². The lowest BCUT2D eigenvalue weighted by Crippen LogP contribution is -2.45. The summed E-state index contributed by atoms with van der Waals surface area (Å²) in [4.78, 5) is 24.2. The molecule has 0 saturated heterocycles. The van der Waals surface area contributed by atoms with Crippen LogP contribution in [0.1, 0.15) is 11.1 Å². The van der Waals surface area contributed by atoms with Gasteiger partial charge in [-0.05, 0) is 83.2 Å². The third kappa shape index (κ3) is 6.19. The highest BCUT2D eigenvalue weighted by molar-refractivity contribution is 9.11. The molecule has 1 amide bonds. The van der Waals surface area contributed by atoms with Crippen molar-refractivity contribution in [2.75, 3.05) is 7.11 Å². The fourth-order valence-corrected chi connectivity index (χ4v) is 4.65. The summed E-state index contributed by atoms with van der Waals surface area (Å²) in [5, 5.41) is 33.7. The number of nitrogens with zero attached hydrogens (tertiary/aromatic N) is 1. The van der Waals surface area contributed by atoms with Gasteiger partial charge in [-0.25, -0.2) is 4.79 Å². The lowest BCUT2D eigenvalue weighted by Gasteiger charge is -2.16. The molecule has 4 N–H and O–H groups in total. The Bertz CT molecular complexity index is 973. The molecule has 0 radical (unpaired) electrons. The standard InChI is InChI=1S/C19H17Br3N2O6/c1-30-17-12(21)5-10(6-13(17)22)8-14(24-29)18(26)23-15(19(27)28)7-9-2-3-16(25)11(20)4-9/h2-6,15,25,29H,7-8H2,1H3,(H,23,26)(H,27,28)/b24-14+/t15-/m1/s1. The van der Waals surface area contributed by atoms with Crippen LogP contribution in [0, 0.1) is 0 Å². The highest BCUT2D eigenvalue weighted by Crippen LogP contribution is 2.34. The van der Waals surface area contributed by atoms with Crippen molar-refractivity contribution in [2.24, 2.45) is 5.16 Å². The van der Waals surface area contributed by atoms with E-state index in [1.807, 2.05) is 0 Å². The summed E-state index contributed by atoms with van der Waals surface area (Å²) in [5.41, 5.74) is 0.960. The van der Waals surface area contributed by atoms with E-state index >= 15 is 0 Å². The van der Waals surface area contributed by atoms with Crippen LogP contribution in [0.3, 0.4) is 0 Å². The second-order valence-corrected chi connectivity index (χ2v) is 8.73. The van der Waals surface area contributed by atoms with Gasteiger partial charge in [-0.1, -0.05) is 11.2 Å². The fourth-order valence-electron chi connectivity index (χ4n) is 2.62. The summed E-state index contributed by atoms with van der Waals surface area (Å²) in [6.07, 6.45) is -0.0705. The molecular formula is C19H17Br3N2O6. The van der Waals surface area contributed by atoms with Crippen molar-refractivity contribution >= 4 is 65.4 Å². The second-order valence-electron chi connectivity index (χ2n) is 6.17. The Morgan fingerprint density at radius 1 is 1.10 bits per heavy atom. The number of phenols is 1. The maximum atomic E-state index is 12.5. The van der Waals surface area contributed by atoms with E-state index < -0.39 is 17.9 Å². The van der Waals surface area contributed by atoms with Crippen LogP contribution in [0.15, 0.2) is 48.9 Å². The number of carboxylic acids is 1. The second kappa shape index (κ2) is 10.8. The molecule has 0 unspecified atom stereocenters. The number of oxime groups is 1. The van der Waals surface area contributed by atoms with Gasteiger partial charge < -0.3 is 25.5 Å². The molecule has 2 aromatic rings. The molecule has 0 spiro atoms. The number of ether oxygens (including phenoxy) is 1. The molecule has 30 heavy (non-hydrogen) atoms. The molecule has 0 saturated carbocycles. The van der Waals surface area contributed by atoms with Crippen molar-refractivity contribution in [1.29, 1.82) is 0 Å². The number of aliphatic carboxylic acids is 1. The van der Waals surface area contributed by atoms with Gasteiger partial charge in [0.15, 0.2) is 0 Å². The van der Waals surface area contributed by atoms with Crippen LogP contribution in [0.25, 0.3) is 0 Å². The molecule has 2 rings (SSSR count). The first-order valence-electron chi connectivity index (χ1n) is 8.40. The van der Waals surface area contributed by atoms with Crippen LogP contribution in [-0.4, -0.2) is 46.2 Å². The highest BCUT2D eigenvalue weighted by Gasteiger charge is 2.24. The highest BCUT2D eigenvalue weighted by atomic mass is 79.9. The van der Waals surface area contributed by atoms with Gasteiger partial charge in [-0.15, -0.1) is 0 Å². The average molecular weight is 609 g/mol. The summed E-state index contributed by atoms with van der Waals surface area (Å²) in [5.74, 6) is -1.48. The Hall–Kier alpha value is -2.11. The summed E-state index contributed by atoms with van der Waals surface area (Å²) >= 11 is 9.88. The quantitative estimate of drug-likeness (QED) is 0.205. The number of hydrogen-bond donors (Lipinski definition) is 4. The van der Waals surface area contributed by atoms with E-state index in [0.29, 0.717) is 30.3 Å². The Morgan fingerprint density at radius 2 is 1.70 bits per heavy atom. The Kier molecular flexibility index (Phi) is 8.68. The first-order chi connectivity index (χ1) is 14.2. The minimum Gasteiger partial charge on any atom is -0.507 e. The minimum atomic E-state index is -1.26. The Balaban J connectivity index is 2.15. The van der Waals surface area contributed by atoms with Crippen LogP contribution < -0.4 is 10.1 Å². The van der Waals surface area contributed by atoms with Gasteiger partial charge >= 0.3 is 5.97 Å². The number of carbonyl (C=O) groups excluding carboxylic acids is 1. The van der Waals surface area contributed by atoms with Crippen molar-refractivity contribution < 1.29 is 29.7 Å². The molecule has 8 nitrogen and oxygen atoms in total. The number of carbonyl (C=O) groups is 2. The topological polar surface area (TPSA) is 128 Å². The van der Waals surface area contributed by atoms with E-state index in [0.717, 1.165) is 0 Å². The number of phenolic OH excluding ortho intramolecular Hbond substituents is 1. The van der Waals surface area contributed by atoms with E-state index in [2.05, 4.69) is 58.3 Å². The van der Waals surface area contributed by atoms with Gasteiger partial charge in [0.1, 0.15) is 23.3 Å². The summed E-state index contributed by atoms with van der Waals surface area (Å²) in [6.45, 7) is 0. The van der Waals surface area contributed by atoms with Crippen molar-refractivity contribution in [3.05, 3.63) is 54.9 Å². The molecule has 0 aromatic heterocycles. The number of rotatable bonds is 8. The maximum absolute atomic E-state index is 12.5. The molecule has 0 heterocycles. The number of benzene rings is 2. The van der Waals surface area contributed by atoms with Crippen LogP contribution in [0.4, 0.5) is 0 Å². The lowest BCUT2D eigenvalue weighted by atomic mass is 10.0. The molecule has 0 aliphatic rings. The molecule has 0 aliphatic heterocycles. The van der Waals surface area contributed by atoms with Crippen molar-refractivity contribution in [3.8, 4) is 11.5 Å². The minimum absolute atomic E-state index is 0.0150. The molecule has 160 valence electrons. The Morgan fingerprint density at radius 3 is 2.20 bits per heavy atom. The monoisotopic (exact) mass is 606 g/mol. The van der Waals surface area contributed by atoms with Gasteiger partial charge in [0.25, 0.3) is 5.91 Å². The zero-order valence-electron chi connectivity index (χ0n) is 15.5. The molecule has 0 aliphatic carbocycles. The SMILES string of the molecule is COc1c(Br)cc(C/C(=N\O)C(=O)N[C@H](Cc2ccc(O)c(Br)c2)C(=O)O)cc1Br. The van der Waals surface area contributed by atoms with Crippen molar-refractivity contribution in [3.63, 3.8) is 0 Å². The first-order valence-corrected chi connectivity index (χ1v) is 10.8. The summed E-state index contributed by atoms with van der Waals surface area (Å²) in [7, 11) is 1.51. The molecule has 1 atom stereocenters. The molecule has 11 heteroatoms. The van der Waals surface area contributed by atoms with E-state index in [9.17, 15) is 25.0 Å². The largest absolute Gasteiger partial charge is 0.507 e. The van der Waals surface area contributed by atoms with Gasteiger partial charge in [-0.2, -0.15) is 0 Å². The van der Waals surface area contributed by atoms with E-state index in [1.165, 1.54) is 13.2 Å². The third-order valence-corrected chi connectivity index (χ3v) is 5.89. The van der Waals surface area contributed by atoms with Gasteiger partial charge in [0.2, 0.25) is 0 Å². The van der Waals surface area contributed by atoms with Crippen molar-refractivity contribution in [1.82, 2.24) is 5.32 Å². The van der Waals surface area contributed by atoms with Crippen molar-refractivity contribution in [2.45, 2.75) is 18.9 Å². The molecule has 0 fully saturated rings. The normalized spacial score (nSPS) is 12.3. The van der Waals surface area contributed by atoms with Crippen LogP contribution in [0.5, 0.6) is 11.5 Å². The smallest absolute Gasteiger partial charge is 0.326 e. The molecule has 2 aromatic carbocycles. The van der Waals surface area contributed by atoms with E-state index in [1.54, 1.807) is 24.3 Å². The Labute approximate surface area is 197 Å². The average Bonchev–Trinajstić information content (AvgIpc) is 2.68. The molecule has 0 bridgehead atoms. The number of halogens is 3. The number of nitrogens with one attached hydrogen (secondary N) is 1. The zero-order valence-corrected chi connectivity index (χ0v) is 20.3. The van der Waals surface area contributed by atoms with E-state index in [4.69, 9.17) is 4.74 Å². The first kappa shape index (κ1) is 24.2. The number of aromatic hydroxyl groups is 1.